The van der Waals surface area contributed by atoms with Gasteiger partial charge < -0.3 is 0 Å². The van der Waals surface area contributed by atoms with Gasteiger partial charge in [-0.05, 0) is 156 Å². The Kier molecular flexibility index (Phi) is 6.81. The van der Waals surface area contributed by atoms with Crippen molar-refractivity contribution in [3.05, 3.63) is 70.8 Å². The van der Waals surface area contributed by atoms with Crippen molar-refractivity contribution >= 4 is 16.1 Å². The fourth-order valence-corrected chi connectivity index (χ4v) is 16.5. The van der Waals surface area contributed by atoms with Crippen LogP contribution in [-0.4, -0.2) is 16.1 Å². The largest absolute Gasteiger partial charge is 0.129 e. The van der Waals surface area contributed by atoms with E-state index in [0.29, 0.717) is 43.3 Å². The summed E-state index contributed by atoms with van der Waals surface area (Å²) in [6.45, 7) is 25.0. The summed E-state index contributed by atoms with van der Waals surface area (Å²) in [5, 5.41) is 0. The molecule has 48 heavy (non-hydrogen) atoms. The number of benzene rings is 2. The molecule has 8 saturated carbocycles. The van der Waals surface area contributed by atoms with Crippen LogP contribution in [0.1, 0.15) is 127 Å². The Labute approximate surface area is 296 Å². The van der Waals surface area contributed by atoms with Gasteiger partial charge in [-0.1, -0.05) is 103 Å². The van der Waals surface area contributed by atoms with Crippen LogP contribution in [0.4, 0.5) is 0 Å². The van der Waals surface area contributed by atoms with Crippen LogP contribution in [0.2, 0.25) is 39.3 Å². The lowest BCUT2D eigenvalue weighted by Crippen LogP contribution is -2.71. The van der Waals surface area contributed by atoms with Gasteiger partial charge in [0.1, 0.15) is 16.1 Å². The normalized spacial score (nSPS) is 43.8. The highest BCUT2D eigenvalue weighted by molar-refractivity contribution is 6.84. The third-order valence-corrected chi connectivity index (χ3v) is 16.2. The first-order valence-electron chi connectivity index (χ1n) is 19.4. The Balaban J connectivity index is 1.20. The summed E-state index contributed by atoms with van der Waals surface area (Å²) in [7, 11) is -2.80. The van der Waals surface area contributed by atoms with Crippen LogP contribution in [0, 0.1) is 55.4 Å². The van der Waals surface area contributed by atoms with E-state index in [9.17, 15) is 0 Å². The SMILES string of the molecule is CC12CC3(C)CC(c4ccc(C#C[Si](C)(C)C)cc4)(C1)CC(C14CC5(C)CC(C)(CC(c6ccc(C#C[Si](C)(C)C)cc6)(C5)C1)C4)(C2)C3. The minimum absolute atomic E-state index is 0.304. The molecule has 4 unspecified atom stereocenters. The summed E-state index contributed by atoms with van der Waals surface area (Å²) in [6, 6.07) is 19.6. The highest BCUT2D eigenvalue weighted by Crippen LogP contribution is 2.85. The van der Waals surface area contributed by atoms with E-state index in [1.807, 2.05) is 0 Å². The second kappa shape index (κ2) is 9.86. The van der Waals surface area contributed by atoms with E-state index in [2.05, 4.69) is 138 Å². The van der Waals surface area contributed by atoms with E-state index in [-0.39, 0.29) is 0 Å². The molecule has 0 amide bonds. The van der Waals surface area contributed by atoms with Crippen molar-refractivity contribution < 1.29 is 0 Å². The van der Waals surface area contributed by atoms with Crippen LogP contribution in [0.15, 0.2) is 48.5 Å². The van der Waals surface area contributed by atoms with Crippen LogP contribution in [-0.2, 0) is 10.8 Å². The smallest absolute Gasteiger partial charge is 0.127 e. The molecule has 10 rings (SSSR count). The van der Waals surface area contributed by atoms with Gasteiger partial charge in [0.2, 0.25) is 0 Å². The molecule has 2 aromatic carbocycles. The first-order valence-corrected chi connectivity index (χ1v) is 26.4. The Morgan fingerprint density at radius 2 is 0.688 bits per heavy atom. The van der Waals surface area contributed by atoms with Crippen LogP contribution in [0.25, 0.3) is 0 Å². The van der Waals surface area contributed by atoms with Gasteiger partial charge in [-0.2, -0.15) is 0 Å². The summed E-state index contributed by atoms with van der Waals surface area (Å²) in [4.78, 5) is 0. The van der Waals surface area contributed by atoms with Crippen molar-refractivity contribution in [1.29, 1.82) is 0 Å². The Morgan fingerprint density at radius 1 is 0.396 bits per heavy atom. The summed E-state index contributed by atoms with van der Waals surface area (Å²) < 4.78 is 0. The average molecular weight is 671 g/mol. The maximum absolute atomic E-state index is 3.61. The first-order chi connectivity index (χ1) is 22.1. The van der Waals surface area contributed by atoms with Crippen LogP contribution >= 0.6 is 0 Å². The van der Waals surface area contributed by atoms with Gasteiger partial charge in [0.15, 0.2) is 0 Å². The number of hydrogen-bond acceptors (Lipinski definition) is 0. The number of hydrogen-bond donors (Lipinski definition) is 0. The Morgan fingerprint density at radius 3 is 0.958 bits per heavy atom. The summed E-state index contributed by atoms with van der Waals surface area (Å²) in [5.41, 5.74) is 16.1. The van der Waals surface area contributed by atoms with Crippen molar-refractivity contribution in [3.63, 3.8) is 0 Å². The van der Waals surface area contributed by atoms with Gasteiger partial charge in [-0.3, -0.25) is 0 Å². The van der Waals surface area contributed by atoms with Crippen molar-refractivity contribution in [2.45, 2.75) is 155 Å². The molecule has 254 valence electrons. The fraction of sp³-hybridized carbons (Fsp3) is 0.652. The van der Waals surface area contributed by atoms with Crippen LogP contribution < -0.4 is 0 Å². The molecule has 2 heteroatoms. The molecule has 0 nitrogen and oxygen atoms in total. The molecule has 8 aliphatic carbocycles. The fourth-order valence-electron chi connectivity index (χ4n) is 15.5. The van der Waals surface area contributed by atoms with Gasteiger partial charge in [-0.15, -0.1) is 11.1 Å². The average Bonchev–Trinajstić information content (AvgIpc) is 2.91. The van der Waals surface area contributed by atoms with E-state index in [0.717, 1.165) is 0 Å². The van der Waals surface area contributed by atoms with Gasteiger partial charge in [0.05, 0.1) is 0 Å². The minimum Gasteiger partial charge on any atom is -0.127 e. The van der Waals surface area contributed by atoms with Crippen molar-refractivity contribution in [2.24, 2.45) is 32.5 Å². The minimum atomic E-state index is -1.40. The van der Waals surface area contributed by atoms with Crippen molar-refractivity contribution in [1.82, 2.24) is 0 Å². The zero-order valence-electron chi connectivity index (χ0n) is 32.1. The third kappa shape index (κ3) is 5.38. The first kappa shape index (κ1) is 33.2. The number of rotatable bonds is 3. The van der Waals surface area contributed by atoms with Gasteiger partial charge in [0, 0.05) is 11.1 Å². The highest BCUT2D eigenvalue weighted by atomic mass is 28.3. The van der Waals surface area contributed by atoms with Gasteiger partial charge in [-0.25, -0.2) is 0 Å². The van der Waals surface area contributed by atoms with E-state index < -0.39 is 16.1 Å². The Hall–Kier alpha value is -2.01. The van der Waals surface area contributed by atoms with E-state index in [1.165, 1.54) is 88.2 Å². The molecular formula is C46H62Si2. The summed E-state index contributed by atoms with van der Waals surface area (Å²) in [6.07, 6.45) is 17.1. The van der Waals surface area contributed by atoms with Gasteiger partial charge >= 0.3 is 0 Å². The maximum Gasteiger partial charge on any atom is 0.129 e. The Bertz CT molecular complexity index is 1600. The standard InChI is InChI=1S/C46H62Si2/c1-39-23-40(2)26-43(25-39,37-15-11-35(12-16-37)19-21-47(5,6)7)33-45(29-39,30-40)46-31-41(3)24-42(4,32-46)28-44(27-41,34-46)38-17-13-36(14-18-38)20-22-48(8,9)10/h11-18H,23-34H2,1-10H3. The molecule has 8 aliphatic rings. The molecule has 0 radical (unpaired) electrons. The quantitative estimate of drug-likeness (QED) is 0.225. The van der Waals surface area contributed by atoms with E-state index >= 15 is 0 Å². The molecule has 0 spiro atoms. The van der Waals surface area contributed by atoms with Crippen molar-refractivity contribution in [2.75, 3.05) is 0 Å². The van der Waals surface area contributed by atoms with Crippen LogP contribution in [0.3, 0.4) is 0 Å². The second-order valence-corrected chi connectivity index (χ2v) is 32.1. The molecule has 8 fully saturated rings. The summed E-state index contributed by atoms with van der Waals surface area (Å²) >= 11 is 0. The molecule has 0 heterocycles. The predicted molar refractivity (Wildman–Crippen MR) is 209 cm³/mol. The lowest BCUT2D eigenvalue weighted by Gasteiger charge is -2.80. The highest BCUT2D eigenvalue weighted by Gasteiger charge is 2.76. The summed E-state index contributed by atoms with van der Waals surface area (Å²) in [5.74, 6) is 7.10. The zero-order chi connectivity index (χ0) is 34.3. The molecule has 0 saturated heterocycles. The monoisotopic (exact) mass is 670 g/mol. The lowest BCUT2D eigenvalue weighted by atomic mass is 9.24. The second-order valence-electron chi connectivity index (χ2n) is 22.6. The maximum atomic E-state index is 3.61. The zero-order valence-corrected chi connectivity index (χ0v) is 34.1. The molecule has 4 atom stereocenters. The molecule has 8 bridgehead atoms. The van der Waals surface area contributed by atoms with Crippen LogP contribution in [0.5, 0.6) is 0 Å². The third-order valence-electron chi connectivity index (χ3n) is 14.5. The van der Waals surface area contributed by atoms with Crippen molar-refractivity contribution in [3.8, 4) is 22.9 Å². The predicted octanol–water partition coefficient (Wildman–Crippen LogP) is 12.1. The topological polar surface area (TPSA) is 0 Å². The van der Waals surface area contributed by atoms with E-state index in [1.54, 1.807) is 11.1 Å². The molecular weight excluding hydrogens is 609 g/mol. The molecule has 0 N–H and O–H groups in total. The van der Waals surface area contributed by atoms with Gasteiger partial charge in [0.25, 0.3) is 0 Å². The lowest BCUT2D eigenvalue weighted by molar-refractivity contribution is -0.275. The van der Waals surface area contributed by atoms with E-state index in [4.69, 9.17) is 0 Å². The molecule has 2 aromatic rings. The molecule has 0 aliphatic heterocycles. The molecule has 0 aromatic heterocycles.